The van der Waals surface area contributed by atoms with Crippen LogP contribution in [0.3, 0.4) is 0 Å². The van der Waals surface area contributed by atoms with Crippen LogP contribution in [0.15, 0.2) is 12.3 Å². The van der Waals surface area contributed by atoms with Crippen LogP contribution < -0.4 is 10.2 Å². The Hall–Kier alpha value is -1.04. The van der Waals surface area contributed by atoms with Gasteiger partial charge in [-0.15, -0.1) is 0 Å². The van der Waals surface area contributed by atoms with Gasteiger partial charge in [0.25, 0.3) is 0 Å². The van der Waals surface area contributed by atoms with E-state index in [1.54, 1.807) is 12.3 Å². The SMILES string of the molecule is O=C(C1CCNC1)N1CCN(c2ncc(Cl)cc2Cl)CC1. The van der Waals surface area contributed by atoms with Gasteiger partial charge < -0.3 is 15.1 Å². The second-order valence-electron chi connectivity index (χ2n) is 5.46. The molecule has 0 saturated carbocycles. The van der Waals surface area contributed by atoms with Crippen LogP contribution in [0.1, 0.15) is 6.42 Å². The predicted molar refractivity (Wildman–Crippen MR) is 84.0 cm³/mol. The van der Waals surface area contributed by atoms with Crippen molar-refractivity contribution in [1.29, 1.82) is 0 Å². The van der Waals surface area contributed by atoms with E-state index in [0.29, 0.717) is 10.0 Å². The van der Waals surface area contributed by atoms with Gasteiger partial charge in [0.05, 0.1) is 16.0 Å². The highest BCUT2D eigenvalue weighted by Gasteiger charge is 2.29. The molecule has 2 aliphatic heterocycles. The molecule has 1 aromatic rings. The first-order valence-corrected chi connectivity index (χ1v) is 7.96. The van der Waals surface area contributed by atoms with E-state index < -0.39 is 0 Å². The Kier molecular flexibility index (Phi) is 4.52. The second kappa shape index (κ2) is 6.38. The highest BCUT2D eigenvalue weighted by atomic mass is 35.5. The first-order valence-electron chi connectivity index (χ1n) is 7.20. The number of piperazine rings is 1. The lowest BCUT2D eigenvalue weighted by molar-refractivity contribution is -0.135. The zero-order chi connectivity index (χ0) is 14.8. The van der Waals surface area contributed by atoms with Crippen molar-refractivity contribution in [2.75, 3.05) is 44.2 Å². The van der Waals surface area contributed by atoms with E-state index in [9.17, 15) is 4.79 Å². The summed E-state index contributed by atoms with van der Waals surface area (Å²) >= 11 is 12.1. The molecule has 1 aromatic heterocycles. The molecule has 1 amide bonds. The van der Waals surface area contributed by atoms with Gasteiger partial charge in [-0.3, -0.25) is 4.79 Å². The number of amides is 1. The minimum atomic E-state index is 0.147. The molecule has 3 rings (SSSR count). The minimum Gasteiger partial charge on any atom is -0.352 e. The van der Waals surface area contributed by atoms with E-state index >= 15 is 0 Å². The monoisotopic (exact) mass is 328 g/mol. The van der Waals surface area contributed by atoms with Gasteiger partial charge in [-0.2, -0.15) is 0 Å². The zero-order valence-electron chi connectivity index (χ0n) is 11.7. The summed E-state index contributed by atoms with van der Waals surface area (Å²) in [5.74, 6) is 1.17. The molecule has 0 aliphatic carbocycles. The third-order valence-electron chi connectivity index (χ3n) is 4.09. The van der Waals surface area contributed by atoms with Crippen molar-refractivity contribution in [1.82, 2.24) is 15.2 Å². The number of nitrogens with zero attached hydrogens (tertiary/aromatic N) is 3. The standard InChI is InChI=1S/C14H18Cl2N4O/c15-11-7-12(16)13(18-9-11)19-3-5-20(6-4-19)14(21)10-1-2-17-8-10/h7,9-10,17H,1-6,8H2. The van der Waals surface area contributed by atoms with Crippen LogP contribution in [0.2, 0.25) is 10.0 Å². The molecule has 0 bridgehead atoms. The highest BCUT2D eigenvalue weighted by molar-refractivity contribution is 6.36. The number of hydrogen-bond donors (Lipinski definition) is 1. The molecule has 0 radical (unpaired) electrons. The third-order valence-corrected chi connectivity index (χ3v) is 4.57. The molecule has 1 N–H and O–H groups in total. The molecule has 1 unspecified atom stereocenters. The molecule has 0 spiro atoms. The first-order chi connectivity index (χ1) is 10.1. The molecule has 0 aromatic carbocycles. The van der Waals surface area contributed by atoms with Crippen molar-refractivity contribution >= 4 is 34.9 Å². The summed E-state index contributed by atoms with van der Waals surface area (Å²) in [4.78, 5) is 20.7. The molecule has 21 heavy (non-hydrogen) atoms. The van der Waals surface area contributed by atoms with Gasteiger partial charge in [-0.1, -0.05) is 23.2 Å². The summed E-state index contributed by atoms with van der Waals surface area (Å²) in [5.41, 5.74) is 0. The lowest BCUT2D eigenvalue weighted by atomic mass is 10.1. The summed E-state index contributed by atoms with van der Waals surface area (Å²) < 4.78 is 0. The molecule has 1 atom stereocenters. The third kappa shape index (κ3) is 3.25. The smallest absolute Gasteiger partial charge is 0.227 e. The van der Waals surface area contributed by atoms with Gasteiger partial charge in [0.2, 0.25) is 5.91 Å². The summed E-state index contributed by atoms with van der Waals surface area (Å²) in [6.07, 6.45) is 2.55. The van der Waals surface area contributed by atoms with Crippen molar-refractivity contribution in [3.05, 3.63) is 22.3 Å². The summed E-state index contributed by atoms with van der Waals surface area (Å²) in [7, 11) is 0. The Morgan fingerprint density at radius 1 is 1.29 bits per heavy atom. The average Bonchev–Trinajstić information content (AvgIpc) is 3.01. The maximum atomic E-state index is 12.4. The number of aromatic nitrogens is 1. The van der Waals surface area contributed by atoms with Crippen LogP contribution in [0.4, 0.5) is 5.82 Å². The maximum absolute atomic E-state index is 12.4. The fraction of sp³-hybridized carbons (Fsp3) is 0.571. The number of halogens is 2. The first kappa shape index (κ1) is 14.9. The van der Waals surface area contributed by atoms with E-state index in [-0.39, 0.29) is 11.8 Å². The molecule has 2 saturated heterocycles. The molecule has 3 heterocycles. The summed E-state index contributed by atoms with van der Waals surface area (Å²) in [6.45, 7) is 4.69. The normalized spacial score (nSPS) is 22.7. The lowest BCUT2D eigenvalue weighted by Crippen LogP contribution is -2.51. The molecular weight excluding hydrogens is 311 g/mol. The molecular formula is C14H18Cl2N4O. The van der Waals surface area contributed by atoms with Crippen LogP contribution in [-0.2, 0) is 4.79 Å². The quantitative estimate of drug-likeness (QED) is 0.896. The summed E-state index contributed by atoms with van der Waals surface area (Å²) in [5, 5.41) is 4.33. The van der Waals surface area contributed by atoms with Crippen LogP contribution >= 0.6 is 23.2 Å². The van der Waals surface area contributed by atoms with E-state index in [4.69, 9.17) is 23.2 Å². The van der Waals surface area contributed by atoms with Crippen LogP contribution in [-0.4, -0.2) is 55.1 Å². The van der Waals surface area contributed by atoms with Crippen molar-refractivity contribution in [3.8, 4) is 0 Å². The number of hydrogen-bond acceptors (Lipinski definition) is 4. The molecule has 7 heteroatoms. The lowest BCUT2D eigenvalue weighted by Gasteiger charge is -2.36. The largest absolute Gasteiger partial charge is 0.352 e. The minimum absolute atomic E-state index is 0.147. The fourth-order valence-electron chi connectivity index (χ4n) is 2.90. The molecule has 5 nitrogen and oxygen atoms in total. The van der Waals surface area contributed by atoms with Gasteiger partial charge in [0, 0.05) is 38.9 Å². The fourth-order valence-corrected chi connectivity index (χ4v) is 3.40. The van der Waals surface area contributed by atoms with E-state index in [0.717, 1.165) is 51.5 Å². The van der Waals surface area contributed by atoms with E-state index in [1.807, 2.05) is 4.90 Å². The van der Waals surface area contributed by atoms with Crippen LogP contribution in [0, 0.1) is 5.92 Å². The molecule has 114 valence electrons. The number of rotatable bonds is 2. The van der Waals surface area contributed by atoms with Crippen molar-refractivity contribution in [3.63, 3.8) is 0 Å². The zero-order valence-corrected chi connectivity index (χ0v) is 13.2. The maximum Gasteiger partial charge on any atom is 0.227 e. The number of anilines is 1. The summed E-state index contributed by atoms with van der Waals surface area (Å²) in [6, 6.07) is 1.70. The Morgan fingerprint density at radius 3 is 2.67 bits per heavy atom. The topological polar surface area (TPSA) is 48.5 Å². The van der Waals surface area contributed by atoms with Gasteiger partial charge in [-0.05, 0) is 19.0 Å². The second-order valence-corrected chi connectivity index (χ2v) is 6.30. The van der Waals surface area contributed by atoms with E-state index in [2.05, 4.69) is 15.2 Å². The van der Waals surface area contributed by atoms with Gasteiger partial charge in [0.1, 0.15) is 5.82 Å². The van der Waals surface area contributed by atoms with Crippen molar-refractivity contribution in [2.24, 2.45) is 5.92 Å². The van der Waals surface area contributed by atoms with Crippen LogP contribution in [0.5, 0.6) is 0 Å². The Labute approximate surface area is 134 Å². The van der Waals surface area contributed by atoms with Crippen molar-refractivity contribution in [2.45, 2.75) is 6.42 Å². The van der Waals surface area contributed by atoms with Gasteiger partial charge in [0.15, 0.2) is 0 Å². The molecule has 2 fully saturated rings. The Bertz CT molecular complexity index is 526. The number of carbonyl (C=O) groups excluding carboxylic acids is 1. The Morgan fingerprint density at radius 2 is 2.05 bits per heavy atom. The molecule has 2 aliphatic rings. The number of carbonyl (C=O) groups is 1. The highest BCUT2D eigenvalue weighted by Crippen LogP contribution is 2.27. The van der Waals surface area contributed by atoms with Gasteiger partial charge >= 0.3 is 0 Å². The van der Waals surface area contributed by atoms with Crippen LogP contribution in [0.25, 0.3) is 0 Å². The van der Waals surface area contributed by atoms with Gasteiger partial charge in [-0.25, -0.2) is 4.98 Å². The number of pyridine rings is 1. The van der Waals surface area contributed by atoms with E-state index in [1.165, 1.54) is 0 Å². The Balaban J connectivity index is 1.60. The van der Waals surface area contributed by atoms with Crippen molar-refractivity contribution < 1.29 is 4.79 Å². The number of nitrogens with one attached hydrogen (secondary N) is 1. The predicted octanol–water partition coefficient (Wildman–Crippen LogP) is 1.65. The average molecular weight is 329 g/mol.